The van der Waals surface area contributed by atoms with Crippen molar-refractivity contribution < 1.29 is 4.79 Å². The second-order valence-electron chi connectivity index (χ2n) is 4.84. The van der Waals surface area contributed by atoms with Gasteiger partial charge in [0.1, 0.15) is 0 Å². The number of nitrogens with one attached hydrogen (secondary N) is 1. The van der Waals surface area contributed by atoms with Crippen LogP contribution >= 0.6 is 0 Å². The molecule has 0 spiro atoms. The Morgan fingerprint density at radius 1 is 1.35 bits per heavy atom. The zero-order valence-electron chi connectivity index (χ0n) is 11.8. The van der Waals surface area contributed by atoms with Crippen LogP contribution in [0.15, 0.2) is 35.3 Å². The van der Waals surface area contributed by atoms with E-state index in [0.29, 0.717) is 17.8 Å². The molecule has 2 heterocycles. The number of aromatic nitrogens is 2. The number of aryl methyl sites for hydroxylation is 2. The standard InChI is InChI=1S/C15H17N3O2/c1-10-5-4-6-16-13(10)9-18(3)15(20)12-7-11(2)17-14(19)8-12/h4-8H,9H2,1-3H3,(H,17,19). The SMILES string of the molecule is Cc1cc(C(=O)N(C)Cc2ncccc2C)cc(=O)[nH]1. The van der Waals surface area contributed by atoms with Crippen LogP contribution in [-0.4, -0.2) is 27.8 Å². The molecular weight excluding hydrogens is 254 g/mol. The van der Waals surface area contributed by atoms with Gasteiger partial charge in [0.2, 0.25) is 5.56 Å². The van der Waals surface area contributed by atoms with Crippen molar-refractivity contribution >= 4 is 5.91 Å². The highest BCUT2D eigenvalue weighted by Gasteiger charge is 2.14. The second kappa shape index (κ2) is 5.69. The molecule has 1 amide bonds. The summed E-state index contributed by atoms with van der Waals surface area (Å²) in [5.74, 6) is -0.191. The molecule has 0 radical (unpaired) electrons. The number of carbonyl (C=O) groups excluding carboxylic acids is 1. The number of nitrogens with zero attached hydrogens (tertiary/aromatic N) is 2. The van der Waals surface area contributed by atoms with Gasteiger partial charge in [0.15, 0.2) is 0 Å². The number of aromatic amines is 1. The van der Waals surface area contributed by atoms with E-state index >= 15 is 0 Å². The average Bonchev–Trinajstić information content (AvgIpc) is 2.39. The number of pyridine rings is 2. The maximum atomic E-state index is 12.3. The highest BCUT2D eigenvalue weighted by molar-refractivity contribution is 5.94. The zero-order valence-corrected chi connectivity index (χ0v) is 11.8. The Morgan fingerprint density at radius 2 is 2.10 bits per heavy atom. The van der Waals surface area contributed by atoms with Gasteiger partial charge in [-0.3, -0.25) is 14.6 Å². The van der Waals surface area contributed by atoms with Crippen molar-refractivity contribution in [2.75, 3.05) is 7.05 Å². The number of hydrogen-bond acceptors (Lipinski definition) is 3. The van der Waals surface area contributed by atoms with Crippen LogP contribution in [0.2, 0.25) is 0 Å². The van der Waals surface area contributed by atoms with Crippen LogP contribution in [-0.2, 0) is 6.54 Å². The third kappa shape index (κ3) is 3.12. The third-order valence-electron chi connectivity index (χ3n) is 3.08. The molecule has 5 nitrogen and oxygen atoms in total. The van der Waals surface area contributed by atoms with Crippen molar-refractivity contribution in [3.63, 3.8) is 0 Å². The van der Waals surface area contributed by atoms with Gasteiger partial charge in [-0.15, -0.1) is 0 Å². The molecule has 104 valence electrons. The van der Waals surface area contributed by atoms with E-state index in [1.54, 1.807) is 31.1 Å². The van der Waals surface area contributed by atoms with E-state index in [1.807, 2.05) is 19.1 Å². The van der Waals surface area contributed by atoms with E-state index in [-0.39, 0.29) is 11.5 Å². The normalized spacial score (nSPS) is 10.3. The van der Waals surface area contributed by atoms with Crippen LogP contribution in [0, 0.1) is 13.8 Å². The predicted octanol–water partition coefficient (Wildman–Crippen LogP) is 1.66. The van der Waals surface area contributed by atoms with E-state index in [0.717, 1.165) is 11.3 Å². The first-order valence-corrected chi connectivity index (χ1v) is 6.34. The van der Waals surface area contributed by atoms with E-state index in [9.17, 15) is 9.59 Å². The summed E-state index contributed by atoms with van der Waals surface area (Å²) in [6.45, 7) is 4.12. The van der Waals surface area contributed by atoms with Crippen LogP contribution < -0.4 is 5.56 Å². The van der Waals surface area contributed by atoms with Gasteiger partial charge in [0, 0.05) is 30.6 Å². The first kappa shape index (κ1) is 14.0. The molecular formula is C15H17N3O2. The van der Waals surface area contributed by atoms with Crippen molar-refractivity contribution in [1.82, 2.24) is 14.9 Å². The van der Waals surface area contributed by atoms with Crippen molar-refractivity contribution in [3.05, 3.63) is 63.3 Å². The van der Waals surface area contributed by atoms with Crippen molar-refractivity contribution in [2.24, 2.45) is 0 Å². The zero-order chi connectivity index (χ0) is 14.7. The molecule has 2 aromatic rings. The number of carbonyl (C=O) groups is 1. The molecule has 5 heteroatoms. The Hall–Kier alpha value is -2.43. The van der Waals surface area contributed by atoms with Gasteiger partial charge in [-0.25, -0.2) is 0 Å². The Morgan fingerprint density at radius 3 is 2.75 bits per heavy atom. The fourth-order valence-corrected chi connectivity index (χ4v) is 2.01. The molecule has 0 bridgehead atoms. The number of amides is 1. The molecule has 0 fully saturated rings. The summed E-state index contributed by atoms with van der Waals surface area (Å²) >= 11 is 0. The van der Waals surface area contributed by atoms with Crippen LogP contribution in [0.3, 0.4) is 0 Å². The lowest BCUT2D eigenvalue weighted by molar-refractivity contribution is 0.0783. The maximum absolute atomic E-state index is 12.3. The minimum Gasteiger partial charge on any atom is -0.336 e. The van der Waals surface area contributed by atoms with Gasteiger partial charge >= 0.3 is 0 Å². The minimum absolute atomic E-state index is 0.191. The van der Waals surface area contributed by atoms with Gasteiger partial charge in [0.05, 0.1) is 12.2 Å². The summed E-state index contributed by atoms with van der Waals surface area (Å²) < 4.78 is 0. The summed E-state index contributed by atoms with van der Waals surface area (Å²) in [5, 5.41) is 0. The van der Waals surface area contributed by atoms with Gasteiger partial charge in [-0.2, -0.15) is 0 Å². The summed E-state index contributed by atoms with van der Waals surface area (Å²) in [7, 11) is 1.70. The lowest BCUT2D eigenvalue weighted by Crippen LogP contribution is -2.28. The number of hydrogen-bond donors (Lipinski definition) is 1. The fourth-order valence-electron chi connectivity index (χ4n) is 2.01. The van der Waals surface area contributed by atoms with Crippen LogP contribution in [0.4, 0.5) is 0 Å². The van der Waals surface area contributed by atoms with Gasteiger partial charge in [-0.05, 0) is 31.5 Å². The summed E-state index contributed by atoms with van der Waals surface area (Å²) in [4.78, 5) is 32.2. The lowest BCUT2D eigenvalue weighted by Gasteiger charge is -2.17. The molecule has 0 aromatic carbocycles. The Bertz CT molecular complexity index is 692. The Labute approximate surface area is 117 Å². The summed E-state index contributed by atoms with van der Waals surface area (Å²) in [6, 6.07) is 6.81. The Balaban J connectivity index is 2.21. The van der Waals surface area contributed by atoms with E-state index in [2.05, 4.69) is 9.97 Å². The molecule has 0 saturated heterocycles. The van der Waals surface area contributed by atoms with E-state index < -0.39 is 0 Å². The summed E-state index contributed by atoms with van der Waals surface area (Å²) in [6.07, 6.45) is 1.71. The molecule has 0 aliphatic carbocycles. The molecule has 2 aromatic heterocycles. The summed E-state index contributed by atoms with van der Waals surface area (Å²) in [5.41, 5.74) is 2.68. The first-order valence-electron chi connectivity index (χ1n) is 6.34. The Kier molecular flexibility index (Phi) is 3.98. The largest absolute Gasteiger partial charge is 0.336 e. The molecule has 0 atom stereocenters. The first-order chi connectivity index (χ1) is 9.47. The molecule has 2 rings (SSSR count). The number of rotatable bonds is 3. The monoisotopic (exact) mass is 271 g/mol. The van der Waals surface area contributed by atoms with E-state index in [4.69, 9.17) is 0 Å². The van der Waals surface area contributed by atoms with Gasteiger partial charge < -0.3 is 9.88 Å². The van der Waals surface area contributed by atoms with Crippen LogP contribution in [0.1, 0.15) is 27.3 Å². The highest BCUT2D eigenvalue weighted by Crippen LogP contribution is 2.09. The molecule has 0 saturated carbocycles. The quantitative estimate of drug-likeness (QED) is 0.923. The molecule has 0 unspecified atom stereocenters. The second-order valence-corrected chi connectivity index (χ2v) is 4.84. The van der Waals surface area contributed by atoms with Crippen LogP contribution in [0.5, 0.6) is 0 Å². The van der Waals surface area contributed by atoms with Crippen molar-refractivity contribution in [3.8, 4) is 0 Å². The predicted molar refractivity (Wildman–Crippen MR) is 76.6 cm³/mol. The molecule has 0 aliphatic rings. The topological polar surface area (TPSA) is 66.1 Å². The van der Waals surface area contributed by atoms with Crippen LogP contribution in [0.25, 0.3) is 0 Å². The lowest BCUT2D eigenvalue weighted by atomic mass is 10.2. The van der Waals surface area contributed by atoms with Crippen molar-refractivity contribution in [2.45, 2.75) is 20.4 Å². The maximum Gasteiger partial charge on any atom is 0.254 e. The fraction of sp³-hybridized carbons (Fsp3) is 0.267. The highest BCUT2D eigenvalue weighted by atomic mass is 16.2. The minimum atomic E-state index is -0.268. The van der Waals surface area contributed by atoms with E-state index in [1.165, 1.54) is 6.07 Å². The molecule has 0 aliphatic heterocycles. The van der Waals surface area contributed by atoms with Crippen molar-refractivity contribution in [1.29, 1.82) is 0 Å². The van der Waals surface area contributed by atoms with Gasteiger partial charge in [-0.1, -0.05) is 6.07 Å². The average molecular weight is 271 g/mol. The number of H-pyrrole nitrogens is 1. The molecule has 1 N–H and O–H groups in total. The van der Waals surface area contributed by atoms with Gasteiger partial charge in [0.25, 0.3) is 5.91 Å². The third-order valence-corrected chi connectivity index (χ3v) is 3.08. The smallest absolute Gasteiger partial charge is 0.254 e. The molecule has 20 heavy (non-hydrogen) atoms.